The molecule has 0 bridgehead atoms. The van der Waals surface area contributed by atoms with Crippen LogP contribution in [0.2, 0.25) is 0 Å². The average molecular weight is 899 g/mol. The molecule has 9 aromatic carbocycles. The molecule has 1 aromatic heterocycles. The van der Waals surface area contributed by atoms with Gasteiger partial charge in [-0.25, -0.2) is 0 Å². The summed E-state index contributed by atoms with van der Waals surface area (Å²) in [6.45, 7) is 4.87. The van der Waals surface area contributed by atoms with Crippen LogP contribution in [0.5, 0.6) is 0 Å². The summed E-state index contributed by atoms with van der Waals surface area (Å²) in [5, 5.41) is 1.14. The van der Waals surface area contributed by atoms with Crippen LogP contribution in [0.15, 0.2) is 247 Å². The molecular weight excluding hydrogens is 849 g/mol. The van der Waals surface area contributed by atoms with Crippen molar-refractivity contribution in [3.8, 4) is 22.3 Å². The zero-order valence-corrected chi connectivity index (χ0v) is 39.3. The predicted octanol–water partition coefficient (Wildman–Crippen LogP) is 17.3. The third-order valence-corrected chi connectivity index (χ3v) is 16.0. The zero-order valence-electron chi connectivity index (χ0n) is 39.3. The van der Waals surface area contributed by atoms with Crippen molar-refractivity contribution < 1.29 is 4.42 Å². The van der Waals surface area contributed by atoms with Crippen LogP contribution >= 0.6 is 0 Å². The number of hydrogen-bond acceptors (Lipinski definition) is 3. The van der Waals surface area contributed by atoms with Gasteiger partial charge in [0.15, 0.2) is 0 Å². The molecule has 334 valence electrons. The summed E-state index contributed by atoms with van der Waals surface area (Å²) >= 11 is 0. The van der Waals surface area contributed by atoms with E-state index in [0.717, 1.165) is 40.9 Å². The van der Waals surface area contributed by atoms with Gasteiger partial charge in [-0.2, -0.15) is 0 Å². The lowest BCUT2D eigenvalue weighted by molar-refractivity contribution is 0.406. The van der Waals surface area contributed by atoms with Gasteiger partial charge < -0.3 is 14.2 Å². The number of rotatable bonds is 7. The van der Waals surface area contributed by atoms with E-state index in [-0.39, 0.29) is 5.41 Å². The second-order valence-corrected chi connectivity index (χ2v) is 20.0. The average Bonchev–Trinajstić information content (AvgIpc) is 4.02. The Kier molecular flexibility index (Phi) is 9.04. The molecule has 0 radical (unpaired) electrons. The molecule has 3 heteroatoms. The maximum Gasteiger partial charge on any atom is 0.135 e. The van der Waals surface area contributed by atoms with Gasteiger partial charge in [0.25, 0.3) is 0 Å². The number of nitrogens with zero attached hydrogens (tertiary/aromatic N) is 2. The van der Waals surface area contributed by atoms with Crippen LogP contribution in [0.3, 0.4) is 0 Å². The van der Waals surface area contributed by atoms with E-state index in [1.165, 1.54) is 89.5 Å². The van der Waals surface area contributed by atoms with Crippen molar-refractivity contribution in [1.82, 2.24) is 0 Å². The number of para-hydroxylation sites is 3. The van der Waals surface area contributed by atoms with Crippen molar-refractivity contribution in [1.29, 1.82) is 0 Å². The minimum atomic E-state index is -0.691. The van der Waals surface area contributed by atoms with Gasteiger partial charge in [0.1, 0.15) is 16.8 Å². The van der Waals surface area contributed by atoms with Crippen LogP contribution in [0.25, 0.3) is 38.8 Å². The molecule has 0 amide bonds. The summed E-state index contributed by atoms with van der Waals surface area (Å²) in [5.74, 6) is 1.31. The summed E-state index contributed by atoms with van der Waals surface area (Å²) in [5.41, 5.74) is 22.7. The van der Waals surface area contributed by atoms with E-state index in [0.29, 0.717) is 5.92 Å². The van der Waals surface area contributed by atoms with Crippen molar-refractivity contribution in [3.63, 3.8) is 0 Å². The largest absolute Gasteiger partial charge is 0.459 e. The summed E-state index contributed by atoms with van der Waals surface area (Å²) in [7, 11) is 0. The Balaban J connectivity index is 0.931. The number of anilines is 5. The molecule has 2 heterocycles. The van der Waals surface area contributed by atoms with Gasteiger partial charge in [-0.1, -0.05) is 184 Å². The number of hydrogen-bond donors (Lipinski definition) is 0. The zero-order chi connectivity index (χ0) is 46.6. The van der Waals surface area contributed by atoms with Crippen LogP contribution in [0.1, 0.15) is 65.0 Å². The first-order valence-corrected chi connectivity index (χ1v) is 24.7. The monoisotopic (exact) mass is 898 g/mol. The molecular formula is C67H50N2O. The van der Waals surface area contributed by atoms with E-state index in [4.69, 9.17) is 4.42 Å². The first-order valence-electron chi connectivity index (χ1n) is 24.7. The molecule has 1 aliphatic heterocycles. The summed E-state index contributed by atoms with van der Waals surface area (Å²) in [4.78, 5) is 4.95. The summed E-state index contributed by atoms with van der Waals surface area (Å²) < 4.78 is 7.12. The Bertz CT molecular complexity index is 3710. The van der Waals surface area contributed by atoms with Crippen LogP contribution in [-0.4, -0.2) is 0 Å². The second-order valence-electron chi connectivity index (χ2n) is 20.0. The van der Waals surface area contributed by atoms with E-state index >= 15 is 0 Å². The number of furan rings is 1. The maximum atomic E-state index is 7.12. The quantitative estimate of drug-likeness (QED) is 0.159. The van der Waals surface area contributed by atoms with Crippen LogP contribution in [0.4, 0.5) is 28.4 Å². The molecule has 0 saturated carbocycles. The number of benzene rings is 9. The van der Waals surface area contributed by atoms with Crippen molar-refractivity contribution in [3.05, 3.63) is 287 Å². The maximum absolute atomic E-state index is 7.12. The lowest BCUT2D eigenvalue weighted by Gasteiger charge is -2.37. The Hall–Kier alpha value is -8.40. The van der Waals surface area contributed by atoms with E-state index < -0.39 is 5.41 Å². The molecule has 4 aliphatic rings. The minimum Gasteiger partial charge on any atom is -0.459 e. The smallest absolute Gasteiger partial charge is 0.135 e. The highest BCUT2D eigenvalue weighted by Gasteiger charge is 2.51. The van der Waals surface area contributed by atoms with Crippen LogP contribution in [-0.2, 0) is 17.3 Å². The lowest BCUT2D eigenvalue weighted by atomic mass is 9.70. The molecule has 3 aliphatic carbocycles. The number of allylic oxidation sites excluding steroid dienone is 4. The Labute approximate surface area is 409 Å². The molecule has 14 rings (SSSR count). The summed E-state index contributed by atoms with van der Waals surface area (Å²) in [6, 6.07) is 82.6. The highest BCUT2D eigenvalue weighted by atomic mass is 16.3. The van der Waals surface area contributed by atoms with Gasteiger partial charge in [-0.05, 0) is 146 Å². The van der Waals surface area contributed by atoms with Gasteiger partial charge in [-0.3, -0.25) is 0 Å². The van der Waals surface area contributed by atoms with Crippen LogP contribution in [0, 0.1) is 5.92 Å². The molecule has 0 saturated heterocycles. The van der Waals surface area contributed by atoms with Gasteiger partial charge >= 0.3 is 0 Å². The third kappa shape index (κ3) is 5.94. The highest BCUT2D eigenvalue weighted by Crippen LogP contribution is 2.61. The predicted molar refractivity (Wildman–Crippen MR) is 289 cm³/mol. The molecule has 1 unspecified atom stereocenters. The highest BCUT2D eigenvalue weighted by molar-refractivity contribution is 6.03. The Morgan fingerprint density at radius 3 is 1.94 bits per heavy atom. The molecule has 0 N–H and O–H groups in total. The molecule has 3 nitrogen and oxygen atoms in total. The molecule has 1 atom stereocenters. The molecule has 70 heavy (non-hydrogen) atoms. The Morgan fingerprint density at radius 1 is 0.514 bits per heavy atom. The molecule has 0 spiro atoms. The van der Waals surface area contributed by atoms with Gasteiger partial charge in [0, 0.05) is 51.5 Å². The second kappa shape index (κ2) is 15.6. The van der Waals surface area contributed by atoms with Crippen molar-refractivity contribution in [2.45, 2.75) is 37.5 Å². The SMILES string of the molecule is CC1(C)c2ccccc2C2=CC=C(N(c3ccc(-c4ccc5c(c4)Cc4ccccc4N5c4ccccc4)cc3)c3ccc4c(c3)C(c3ccccc3)(c3ccccc3)c3oc5ccccc5c3-4)CC21. The van der Waals surface area contributed by atoms with E-state index in [2.05, 4.69) is 260 Å². The van der Waals surface area contributed by atoms with Gasteiger partial charge in [0.05, 0.1) is 0 Å². The fourth-order valence-corrected chi connectivity index (χ4v) is 12.8. The summed E-state index contributed by atoms with van der Waals surface area (Å²) in [6.07, 6.45) is 6.60. The van der Waals surface area contributed by atoms with Crippen molar-refractivity contribution in [2.75, 3.05) is 9.80 Å². The fourth-order valence-electron chi connectivity index (χ4n) is 12.8. The van der Waals surface area contributed by atoms with Crippen LogP contribution < -0.4 is 9.80 Å². The van der Waals surface area contributed by atoms with E-state index in [1.807, 2.05) is 0 Å². The van der Waals surface area contributed by atoms with E-state index in [9.17, 15) is 0 Å². The molecule has 10 aromatic rings. The first-order chi connectivity index (χ1) is 34.5. The fraction of sp³-hybridized carbons (Fsp3) is 0.104. The topological polar surface area (TPSA) is 19.6 Å². The lowest BCUT2D eigenvalue weighted by Crippen LogP contribution is -2.30. The van der Waals surface area contributed by atoms with Gasteiger partial charge in [-0.15, -0.1) is 0 Å². The first kappa shape index (κ1) is 40.6. The van der Waals surface area contributed by atoms with E-state index in [1.54, 1.807) is 0 Å². The third-order valence-electron chi connectivity index (χ3n) is 16.0. The Morgan fingerprint density at radius 2 is 1.16 bits per heavy atom. The van der Waals surface area contributed by atoms with Crippen molar-refractivity contribution in [2.24, 2.45) is 5.92 Å². The normalized spacial score (nSPS) is 16.5. The number of fused-ring (bicyclic) bond motifs is 10. The standard InChI is InChI=1S/C67H50N2O/c1-66(2)58-27-15-13-25-54(58)55-37-35-52(42-59(55)66)68(51-33-30-44(31-34-51)45-32-39-62-47(40-45)41-46-18-12-16-28-61(46)69(62)50-23-10-5-11-24-50)53-36-38-56-60(43-53)67(48-19-6-3-7-20-48,49-21-8-4-9-22-49)65-64(56)57-26-14-17-29-63(57)70-65/h3-40,43,59H,41-42H2,1-2H3. The minimum absolute atomic E-state index is 0.0241. The van der Waals surface area contributed by atoms with Crippen molar-refractivity contribution >= 4 is 45.0 Å². The molecule has 0 fully saturated rings. The van der Waals surface area contributed by atoms with Gasteiger partial charge in [0.2, 0.25) is 0 Å².